The number of carbonyl (C=O) groups excluding carboxylic acids is 3. The van der Waals surface area contributed by atoms with E-state index in [9.17, 15) is 101 Å². The van der Waals surface area contributed by atoms with Crippen molar-refractivity contribution in [1.82, 2.24) is 16.0 Å². The van der Waals surface area contributed by atoms with Gasteiger partial charge in [-0.1, -0.05) is 180 Å². The van der Waals surface area contributed by atoms with E-state index in [1.807, 2.05) is 6.08 Å². The fourth-order valence-electron chi connectivity index (χ4n) is 15.0. The van der Waals surface area contributed by atoms with E-state index in [1.54, 1.807) is 6.08 Å². The van der Waals surface area contributed by atoms with Crippen molar-refractivity contribution in [2.45, 2.75) is 411 Å². The molecule has 0 aliphatic carbocycles. The van der Waals surface area contributed by atoms with Crippen molar-refractivity contribution in [3.63, 3.8) is 0 Å². The maximum absolute atomic E-state index is 13.5. The minimum Gasteiger partial charge on any atom is -0.394 e. The van der Waals surface area contributed by atoms with Crippen molar-refractivity contribution in [3.8, 4) is 0 Å². The van der Waals surface area contributed by atoms with Crippen molar-refractivity contribution < 1.29 is 158 Å². The molecule has 12 unspecified atom stereocenters. The molecule has 6 aliphatic rings. The Hall–Kier alpha value is -3.01. The molecule has 6 rings (SSSR count). The van der Waals surface area contributed by atoms with Crippen LogP contribution in [0.1, 0.15) is 214 Å². The third-order valence-electron chi connectivity index (χ3n) is 21.7. The number of nitrogens with one attached hydrogen (secondary N) is 3. The number of unbranched alkanes of at least 4 members (excludes halogenated alkanes) is 25. The molecule has 0 spiro atoms. The average Bonchev–Trinajstić information content (AvgIpc) is 0.781. The number of carbonyl (C=O) groups is 3. The molecule has 32 atom stereocenters. The number of rotatable bonds is 51. The molecule has 0 saturated carbocycles. The minimum absolute atomic E-state index is 0.186. The van der Waals surface area contributed by atoms with Gasteiger partial charge in [0.15, 0.2) is 37.7 Å². The van der Waals surface area contributed by atoms with Crippen LogP contribution < -0.4 is 16.0 Å². The van der Waals surface area contributed by atoms with Gasteiger partial charge in [0.25, 0.3) is 0 Å². The number of aliphatic hydroxyl groups excluding tert-OH is 17. The Morgan fingerprint density at radius 2 is 0.802 bits per heavy atom. The van der Waals surface area contributed by atoms with Crippen molar-refractivity contribution in [1.29, 1.82) is 0 Å². The summed E-state index contributed by atoms with van der Waals surface area (Å²) < 4.78 is 70.5. The first-order valence-electron chi connectivity index (χ1n) is 40.8. The fourth-order valence-corrected chi connectivity index (χ4v) is 15.0. The third-order valence-corrected chi connectivity index (χ3v) is 21.7. The van der Waals surface area contributed by atoms with E-state index in [0.29, 0.717) is 12.8 Å². The molecule has 6 aliphatic heterocycles. The predicted molar refractivity (Wildman–Crippen MR) is 392 cm³/mol. The Bertz CT molecular complexity index is 2580. The van der Waals surface area contributed by atoms with Gasteiger partial charge in [0.2, 0.25) is 17.7 Å². The van der Waals surface area contributed by atoms with Crippen LogP contribution in [0.2, 0.25) is 0 Å². The Morgan fingerprint density at radius 3 is 1.31 bits per heavy atom. The third kappa shape index (κ3) is 29.8. The fraction of sp³-hybridized carbons (Fsp3) is 0.934. The van der Waals surface area contributed by atoms with Gasteiger partial charge in [-0.2, -0.15) is 0 Å². The lowest BCUT2D eigenvalue weighted by Crippen LogP contribution is -2.69. The van der Waals surface area contributed by atoms with Crippen molar-refractivity contribution in [3.05, 3.63) is 12.2 Å². The van der Waals surface area contributed by atoms with Gasteiger partial charge in [0, 0.05) is 20.3 Å². The normalized spacial score (nSPS) is 37.4. The summed E-state index contributed by atoms with van der Waals surface area (Å²) in [7, 11) is 0. The zero-order valence-corrected chi connectivity index (χ0v) is 65.4. The Kier molecular flexibility index (Phi) is 44.8. The Morgan fingerprint density at radius 1 is 0.387 bits per heavy atom. The molecule has 0 aromatic heterocycles. The van der Waals surface area contributed by atoms with Gasteiger partial charge in [0.05, 0.1) is 57.9 Å². The summed E-state index contributed by atoms with van der Waals surface area (Å²) in [6.07, 6.45) is -18.6. The van der Waals surface area contributed by atoms with Crippen LogP contribution in [-0.4, -0.2) is 340 Å². The second kappa shape index (κ2) is 51.4. The van der Waals surface area contributed by atoms with E-state index in [4.69, 9.17) is 56.8 Å². The summed E-state index contributed by atoms with van der Waals surface area (Å²) in [6.45, 7) is 2.71. The highest BCUT2D eigenvalue weighted by Gasteiger charge is 2.58. The number of hydrogen-bond acceptors (Lipinski definition) is 32. The lowest BCUT2D eigenvalue weighted by atomic mass is 9.94. The maximum atomic E-state index is 13.5. The van der Waals surface area contributed by atoms with E-state index < -0.39 is 248 Å². The van der Waals surface area contributed by atoms with Crippen LogP contribution in [0.15, 0.2) is 12.2 Å². The van der Waals surface area contributed by atoms with Crippen LogP contribution in [-0.2, 0) is 71.2 Å². The maximum Gasteiger partial charge on any atom is 0.220 e. The van der Waals surface area contributed by atoms with E-state index >= 15 is 0 Å². The van der Waals surface area contributed by atoms with Gasteiger partial charge in [-0.25, -0.2) is 0 Å². The molecule has 111 heavy (non-hydrogen) atoms. The first-order valence-corrected chi connectivity index (χ1v) is 40.8. The zero-order chi connectivity index (χ0) is 81.3. The van der Waals surface area contributed by atoms with Gasteiger partial charge >= 0.3 is 0 Å². The second-order valence-corrected chi connectivity index (χ2v) is 30.7. The van der Waals surface area contributed by atoms with Crippen molar-refractivity contribution in [2.24, 2.45) is 0 Å². The topological polar surface area (TPSA) is 542 Å². The number of aliphatic hydroxyl groups is 17. The molecule has 35 heteroatoms. The second-order valence-electron chi connectivity index (χ2n) is 30.7. The molecular weight excluding hydrogens is 1470 g/mol. The van der Waals surface area contributed by atoms with Crippen molar-refractivity contribution >= 4 is 17.7 Å². The Balaban J connectivity index is 1.07. The number of amides is 3. The molecule has 648 valence electrons. The van der Waals surface area contributed by atoms with Crippen LogP contribution in [0.4, 0.5) is 0 Å². The smallest absolute Gasteiger partial charge is 0.220 e. The molecule has 0 bridgehead atoms. The molecule has 0 radical (unpaired) electrons. The summed E-state index contributed by atoms with van der Waals surface area (Å²) >= 11 is 0. The largest absolute Gasteiger partial charge is 0.394 e. The standard InChI is InChI=1S/C76H137N3O32/c1-6-8-10-12-14-16-18-20-21-23-25-27-29-31-33-35-52(87)79-45(46(86)34-32-30-28-26-24-22-19-17-15-13-11-9-7-2)40-100-74-63(96)61(94)66(49(38-82)105-74)109-75-64(97)62(95)67(50(39-83)106-75)110-76-65(98)69(58(91)48(37-81)104-76)111-73-53(77-43(4)84)59(92)56(89)51(107-73)41-101-72-54(78-44(5)85)68(57(90)47(36-80)103-72)108-70-60(93)55(88)42(3)102-71(70)99/h32,34,42,45-51,53-76,80-83,86,88-99H,6-31,33,35-41H2,1-5H3,(H,77,84)(H,78,85)(H,79,87)/b34-32+/t42?,45-,46+,47?,48?,49?,50?,51?,53?,54?,55+,56-,57+,58-,59+,60?,61+,62+,63?,64?,65?,66+,67-,68+,69-,70-,71+,72+,73-,74+,75-,76-/m0/s1. The van der Waals surface area contributed by atoms with Gasteiger partial charge in [0.1, 0.15) is 140 Å². The summed E-state index contributed by atoms with van der Waals surface area (Å²) in [5, 5.41) is 198. The summed E-state index contributed by atoms with van der Waals surface area (Å²) in [4.78, 5) is 38.8. The van der Waals surface area contributed by atoms with Crippen LogP contribution >= 0.6 is 0 Å². The van der Waals surface area contributed by atoms with E-state index in [0.717, 1.165) is 65.2 Å². The van der Waals surface area contributed by atoms with Crippen LogP contribution in [0.5, 0.6) is 0 Å². The highest BCUT2D eigenvalue weighted by atomic mass is 16.8. The summed E-state index contributed by atoms with van der Waals surface area (Å²) in [6, 6.07) is -4.39. The molecule has 0 aromatic rings. The van der Waals surface area contributed by atoms with Gasteiger partial charge in [-0.3, -0.25) is 14.4 Å². The first kappa shape index (κ1) is 96.8. The summed E-state index contributed by atoms with van der Waals surface area (Å²) in [5.41, 5.74) is 0. The van der Waals surface area contributed by atoms with Crippen LogP contribution in [0.3, 0.4) is 0 Å². The molecule has 3 amide bonds. The predicted octanol–water partition coefficient (Wildman–Crippen LogP) is -1.40. The quantitative estimate of drug-likeness (QED) is 0.0246. The minimum atomic E-state index is -2.24. The summed E-state index contributed by atoms with van der Waals surface area (Å²) in [5.74, 6) is -1.92. The van der Waals surface area contributed by atoms with Gasteiger partial charge < -0.3 is 160 Å². The van der Waals surface area contributed by atoms with E-state index in [2.05, 4.69) is 29.8 Å². The molecule has 35 nitrogen and oxygen atoms in total. The van der Waals surface area contributed by atoms with Crippen LogP contribution in [0.25, 0.3) is 0 Å². The molecule has 0 aromatic carbocycles. The van der Waals surface area contributed by atoms with Gasteiger partial charge in [-0.05, 0) is 26.2 Å². The van der Waals surface area contributed by atoms with Crippen molar-refractivity contribution in [2.75, 3.05) is 39.6 Å². The first-order chi connectivity index (χ1) is 53.2. The molecule has 20 N–H and O–H groups in total. The monoisotopic (exact) mass is 1600 g/mol. The number of allylic oxidation sites excluding steroid dienone is 1. The molecule has 6 fully saturated rings. The highest BCUT2D eigenvalue weighted by Crippen LogP contribution is 2.37. The van der Waals surface area contributed by atoms with E-state index in [-0.39, 0.29) is 12.3 Å². The lowest BCUT2D eigenvalue weighted by Gasteiger charge is -2.50. The average molecular weight is 1600 g/mol. The molecule has 6 saturated heterocycles. The number of hydrogen-bond donors (Lipinski definition) is 20. The SMILES string of the molecule is CCCCCCCCCCCCC/C=C/[C@@H](O)[C@H](CO[C@@H]1OC(CO)[C@@H](O[C@@H]2OC(CO)[C@H](O[C@@H]3OC(CO)[C@H](O)[C@H](O[C@@H]4OC(CO[C@@H]5OC(CO)[C@@H](O)[C@H](O[C@H]6C(O)[C@H](O)C(C)O[C@H]6O)C5NC(C)=O)[C@H](O)[C@H](O)C4NC(C)=O)C3O)[C@H](O)C2O)[C@H](O)C1O)NC(=O)CCCCCCCCCCCCCCCCC. The Labute approximate surface area is 651 Å². The highest BCUT2D eigenvalue weighted by molar-refractivity contribution is 5.76. The molecular formula is C76H137N3O32. The van der Waals surface area contributed by atoms with E-state index in [1.165, 1.54) is 116 Å². The zero-order valence-electron chi connectivity index (χ0n) is 65.4. The van der Waals surface area contributed by atoms with Crippen LogP contribution in [0, 0.1) is 0 Å². The lowest BCUT2D eigenvalue weighted by molar-refractivity contribution is -0.387. The van der Waals surface area contributed by atoms with Gasteiger partial charge in [-0.15, -0.1) is 0 Å². The number of ether oxygens (including phenoxy) is 12. The molecule has 6 heterocycles.